The van der Waals surface area contributed by atoms with Gasteiger partial charge in [-0.05, 0) is 6.42 Å². The molecule has 0 radical (unpaired) electrons. The fourth-order valence-electron chi connectivity index (χ4n) is 0.949. The van der Waals surface area contributed by atoms with Gasteiger partial charge in [0.1, 0.15) is 5.88 Å². The second kappa shape index (κ2) is 7.62. The van der Waals surface area contributed by atoms with Crippen LogP contribution in [0.25, 0.3) is 0 Å². The Labute approximate surface area is 89.6 Å². The normalized spacial score (nSPS) is 9.64. The highest BCUT2D eigenvalue weighted by molar-refractivity contribution is 6.28. The third-order valence-electron chi connectivity index (χ3n) is 1.81. The summed E-state index contributed by atoms with van der Waals surface area (Å²) in [7, 11) is 1.66. The lowest BCUT2D eigenvalue weighted by Crippen LogP contribution is -2.41. The van der Waals surface area contributed by atoms with Crippen molar-refractivity contribution < 1.29 is 9.59 Å². The summed E-state index contributed by atoms with van der Waals surface area (Å²) in [6.45, 7) is 2.76. The van der Waals surface area contributed by atoms with Crippen LogP contribution >= 0.6 is 11.6 Å². The second-order valence-corrected chi connectivity index (χ2v) is 3.38. The minimum absolute atomic E-state index is 0.186. The summed E-state index contributed by atoms with van der Waals surface area (Å²) in [5.41, 5.74) is 0. The van der Waals surface area contributed by atoms with E-state index >= 15 is 0 Å². The number of imide groups is 1. The van der Waals surface area contributed by atoms with Crippen molar-refractivity contribution in [1.82, 2.24) is 10.2 Å². The molecule has 82 valence electrons. The van der Waals surface area contributed by atoms with Gasteiger partial charge in [-0.15, -0.1) is 11.6 Å². The van der Waals surface area contributed by atoms with Crippen molar-refractivity contribution >= 4 is 23.5 Å². The Bertz CT molecular complexity index is 197. The number of hydrogen-bond acceptors (Lipinski definition) is 2. The minimum atomic E-state index is -0.459. The molecule has 0 aromatic rings. The van der Waals surface area contributed by atoms with Gasteiger partial charge in [0.25, 0.3) is 0 Å². The van der Waals surface area contributed by atoms with E-state index in [1.54, 1.807) is 7.05 Å². The van der Waals surface area contributed by atoms with Crippen molar-refractivity contribution in [3.8, 4) is 0 Å². The quantitative estimate of drug-likeness (QED) is 0.565. The molecule has 0 bridgehead atoms. The summed E-state index contributed by atoms with van der Waals surface area (Å²) in [4.78, 5) is 23.5. The monoisotopic (exact) mass is 220 g/mol. The summed E-state index contributed by atoms with van der Waals surface area (Å²) >= 11 is 5.24. The van der Waals surface area contributed by atoms with E-state index in [2.05, 4.69) is 12.2 Å². The molecule has 14 heavy (non-hydrogen) atoms. The molecule has 0 aliphatic rings. The Morgan fingerprint density at radius 1 is 1.36 bits per heavy atom. The molecular formula is C9H17ClN2O2. The maximum absolute atomic E-state index is 11.2. The molecule has 5 heteroatoms. The Kier molecular flexibility index (Phi) is 7.20. The molecule has 0 heterocycles. The third-order valence-corrected chi connectivity index (χ3v) is 2.05. The Morgan fingerprint density at radius 2 is 2.00 bits per heavy atom. The molecule has 0 rings (SSSR count). The average Bonchev–Trinajstić information content (AvgIpc) is 2.17. The highest BCUT2D eigenvalue weighted by Crippen LogP contribution is 1.96. The number of rotatable bonds is 5. The van der Waals surface area contributed by atoms with E-state index in [1.807, 2.05) is 0 Å². The molecule has 0 aromatic carbocycles. The van der Waals surface area contributed by atoms with Gasteiger partial charge in [-0.2, -0.15) is 0 Å². The molecule has 3 amide bonds. The van der Waals surface area contributed by atoms with Gasteiger partial charge in [0.15, 0.2) is 0 Å². The molecule has 0 saturated carbocycles. The van der Waals surface area contributed by atoms with Crippen LogP contribution in [0.3, 0.4) is 0 Å². The number of carbonyl (C=O) groups excluding carboxylic acids is 2. The van der Waals surface area contributed by atoms with E-state index in [1.165, 1.54) is 4.90 Å². The molecule has 0 atom stereocenters. The van der Waals surface area contributed by atoms with Gasteiger partial charge in [0.05, 0.1) is 0 Å². The lowest BCUT2D eigenvalue weighted by atomic mass is 10.2. The Hall–Kier alpha value is -0.770. The lowest BCUT2D eigenvalue weighted by molar-refractivity contribution is -0.117. The fourth-order valence-corrected chi connectivity index (χ4v) is 1.02. The van der Waals surface area contributed by atoms with Crippen molar-refractivity contribution in [3.05, 3.63) is 0 Å². The van der Waals surface area contributed by atoms with Gasteiger partial charge < -0.3 is 4.90 Å². The molecule has 0 fully saturated rings. The van der Waals surface area contributed by atoms with Crippen LogP contribution in [-0.2, 0) is 4.79 Å². The number of alkyl halides is 1. The standard InChI is InChI=1S/C9H17ClN2O2/c1-3-4-5-6-12(2)9(14)11-8(13)7-10/h3-7H2,1-2H3,(H,11,13,14). The molecule has 0 spiro atoms. The Morgan fingerprint density at radius 3 is 2.50 bits per heavy atom. The van der Waals surface area contributed by atoms with Crippen LogP contribution < -0.4 is 5.32 Å². The zero-order valence-corrected chi connectivity index (χ0v) is 9.43. The van der Waals surface area contributed by atoms with Crippen molar-refractivity contribution in [2.24, 2.45) is 0 Å². The van der Waals surface area contributed by atoms with Crippen LogP contribution in [0.5, 0.6) is 0 Å². The molecule has 0 saturated heterocycles. The first-order chi connectivity index (χ1) is 6.61. The number of nitrogens with zero attached hydrogens (tertiary/aromatic N) is 1. The van der Waals surface area contributed by atoms with Gasteiger partial charge in [-0.1, -0.05) is 19.8 Å². The summed E-state index contributed by atoms with van der Waals surface area (Å²) in [5, 5.41) is 2.17. The zero-order chi connectivity index (χ0) is 11.0. The van der Waals surface area contributed by atoms with Crippen LogP contribution in [0.2, 0.25) is 0 Å². The van der Waals surface area contributed by atoms with Crippen molar-refractivity contribution in [1.29, 1.82) is 0 Å². The summed E-state index contributed by atoms with van der Waals surface area (Å²) < 4.78 is 0. The smallest absolute Gasteiger partial charge is 0.323 e. The maximum Gasteiger partial charge on any atom is 0.323 e. The summed E-state index contributed by atoms with van der Waals surface area (Å²) in [6, 6.07) is -0.383. The number of hydrogen-bond donors (Lipinski definition) is 1. The molecule has 1 N–H and O–H groups in total. The SMILES string of the molecule is CCCCCN(C)C(=O)NC(=O)CCl. The second-order valence-electron chi connectivity index (χ2n) is 3.12. The van der Waals surface area contributed by atoms with E-state index in [9.17, 15) is 9.59 Å². The molecule has 0 aliphatic heterocycles. The molecule has 0 aliphatic carbocycles. The number of amides is 3. The van der Waals surface area contributed by atoms with Gasteiger partial charge >= 0.3 is 6.03 Å². The summed E-state index contributed by atoms with van der Waals surface area (Å²) in [5.74, 6) is -0.645. The van der Waals surface area contributed by atoms with E-state index in [-0.39, 0.29) is 11.9 Å². The number of halogens is 1. The predicted octanol–water partition coefficient (Wildman–Crippen LogP) is 1.58. The van der Waals surface area contributed by atoms with Crippen LogP contribution in [0.4, 0.5) is 4.79 Å². The maximum atomic E-state index is 11.2. The highest BCUT2D eigenvalue weighted by atomic mass is 35.5. The van der Waals surface area contributed by atoms with Crippen LogP contribution in [0.15, 0.2) is 0 Å². The molecule has 0 aromatic heterocycles. The number of unbranched alkanes of at least 4 members (excludes halogenated alkanes) is 2. The number of urea groups is 1. The van der Waals surface area contributed by atoms with Gasteiger partial charge in [0.2, 0.25) is 5.91 Å². The molecule has 0 unspecified atom stereocenters. The average molecular weight is 221 g/mol. The van der Waals surface area contributed by atoms with Gasteiger partial charge in [0, 0.05) is 13.6 Å². The first kappa shape index (κ1) is 13.2. The predicted molar refractivity (Wildman–Crippen MR) is 56.4 cm³/mol. The largest absolute Gasteiger partial charge is 0.328 e. The lowest BCUT2D eigenvalue weighted by Gasteiger charge is -2.16. The topological polar surface area (TPSA) is 49.4 Å². The van der Waals surface area contributed by atoms with E-state index < -0.39 is 5.91 Å². The van der Waals surface area contributed by atoms with Crippen LogP contribution in [0, 0.1) is 0 Å². The van der Waals surface area contributed by atoms with Crippen LogP contribution in [-0.4, -0.2) is 36.3 Å². The highest BCUT2D eigenvalue weighted by Gasteiger charge is 2.10. The zero-order valence-electron chi connectivity index (χ0n) is 8.68. The minimum Gasteiger partial charge on any atom is -0.328 e. The van der Waals surface area contributed by atoms with Gasteiger partial charge in [-0.3, -0.25) is 10.1 Å². The first-order valence-corrected chi connectivity index (χ1v) is 5.26. The fraction of sp³-hybridized carbons (Fsp3) is 0.778. The van der Waals surface area contributed by atoms with Crippen molar-refractivity contribution in [3.63, 3.8) is 0 Å². The first-order valence-electron chi connectivity index (χ1n) is 4.72. The van der Waals surface area contributed by atoms with Crippen molar-refractivity contribution in [2.45, 2.75) is 26.2 Å². The summed E-state index contributed by atoms with van der Waals surface area (Å²) in [6.07, 6.45) is 3.15. The molecule has 4 nitrogen and oxygen atoms in total. The van der Waals surface area contributed by atoms with Crippen molar-refractivity contribution in [2.75, 3.05) is 19.5 Å². The van der Waals surface area contributed by atoms with Gasteiger partial charge in [-0.25, -0.2) is 4.79 Å². The number of nitrogens with one attached hydrogen (secondary N) is 1. The third kappa shape index (κ3) is 5.80. The molecular weight excluding hydrogens is 204 g/mol. The van der Waals surface area contributed by atoms with E-state index in [0.717, 1.165) is 19.3 Å². The van der Waals surface area contributed by atoms with E-state index in [0.29, 0.717) is 6.54 Å². The van der Waals surface area contributed by atoms with Crippen LogP contribution in [0.1, 0.15) is 26.2 Å². The van der Waals surface area contributed by atoms with E-state index in [4.69, 9.17) is 11.6 Å². The Balaban J connectivity index is 3.70. The number of carbonyl (C=O) groups is 2.